The van der Waals surface area contributed by atoms with Crippen LogP contribution in [-0.4, -0.2) is 42.7 Å². The van der Waals surface area contributed by atoms with Crippen LogP contribution in [0.4, 0.5) is 11.4 Å². The Labute approximate surface area is 258 Å². The van der Waals surface area contributed by atoms with Crippen molar-refractivity contribution in [3.05, 3.63) is 78.4 Å². The Bertz CT molecular complexity index is 1910. The number of nitrogens with zero attached hydrogens (tertiary/aromatic N) is 4. The van der Waals surface area contributed by atoms with Crippen LogP contribution in [0, 0.1) is 0 Å². The molecule has 0 aliphatic carbocycles. The first-order valence-corrected chi connectivity index (χ1v) is 14.7. The molecule has 0 aliphatic rings. The minimum absolute atomic E-state index is 0.0496. The molecule has 8 nitrogen and oxygen atoms in total. The molecule has 0 aliphatic heterocycles. The Morgan fingerprint density at radius 3 is 1.74 bits per heavy atom. The molecule has 0 saturated heterocycles. The van der Waals surface area contributed by atoms with E-state index in [2.05, 4.69) is 54.7 Å². The lowest BCUT2D eigenvalue weighted by Crippen LogP contribution is -1.88. The molecule has 0 spiro atoms. The van der Waals surface area contributed by atoms with Crippen molar-refractivity contribution in [3.63, 3.8) is 0 Å². The van der Waals surface area contributed by atoms with Crippen LogP contribution in [0.5, 0.6) is 17.2 Å². The third kappa shape index (κ3) is 6.11. The molecule has 0 atom stereocenters. The number of ether oxygens (including phenoxy) is 1. The molecule has 2 aromatic heterocycles. The molecular weight excluding hydrogens is 609 g/mol. The standard InChI is InChI=1S/C16H12N2O2S2.C14H8N2O2S2/c1-20-13-7-4-11(8-19)14-15(13)22-16(18-14)10-2-5-12(6-3-10)17-9-21;17-10-5-6-11(18)13-12(10)16-14(20-13)8-1-3-9(4-2-8)15-7-19/h2-7,19H,8H2,1H3;1-6,17-18H. The molecule has 4 aromatic carbocycles. The summed E-state index contributed by atoms with van der Waals surface area (Å²) in [4.78, 5) is 16.8. The first kappa shape index (κ1) is 29.1. The van der Waals surface area contributed by atoms with Crippen molar-refractivity contribution in [2.45, 2.75) is 6.61 Å². The fourth-order valence-electron chi connectivity index (χ4n) is 4.01. The fourth-order valence-corrected chi connectivity index (χ4v) is 6.34. The van der Waals surface area contributed by atoms with Gasteiger partial charge in [-0.05, 0) is 91.2 Å². The van der Waals surface area contributed by atoms with Crippen LogP contribution in [0.2, 0.25) is 0 Å². The number of methoxy groups -OCH3 is 1. The lowest BCUT2D eigenvalue weighted by molar-refractivity contribution is 0.283. The maximum absolute atomic E-state index is 9.79. The fraction of sp³-hybridized carbons (Fsp3) is 0.0667. The second-order valence-electron chi connectivity index (χ2n) is 8.58. The Balaban J connectivity index is 0.000000169. The van der Waals surface area contributed by atoms with E-state index < -0.39 is 0 Å². The first-order valence-electron chi connectivity index (χ1n) is 12.2. The summed E-state index contributed by atoms with van der Waals surface area (Å²) in [5.41, 5.74) is 5.32. The first-order chi connectivity index (χ1) is 20.4. The Morgan fingerprint density at radius 1 is 0.714 bits per heavy atom. The summed E-state index contributed by atoms with van der Waals surface area (Å²) in [6, 6.07) is 21.5. The number of aliphatic imine (C=N–C) groups is 2. The van der Waals surface area contributed by atoms with Gasteiger partial charge in [-0.2, -0.15) is 9.98 Å². The molecule has 0 bridgehead atoms. The minimum atomic E-state index is -0.0496. The second-order valence-corrected chi connectivity index (χ2v) is 10.9. The summed E-state index contributed by atoms with van der Waals surface area (Å²) in [7, 11) is 1.63. The summed E-state index contributed by atoms with van der Waals surface area (Å²) in [5.74, 6) is 0.934. The second kappa shape index (κ2) is 13.1. The summed E-state index contributed by atoms with van der Waals surface area (Å²) < 4.78 is 6.89. The van der Waals surface area contributed by atoms with Gasteiger partial charge in [0.2, 0.25) is 0 Å². The Hall–Kier alpha value is -4.38. The molecule has 0 unspecified atom stereocenters. The van der Waals surface area contributed by atoms with Crippen LogP contribution in [-0.2, 0) is 6.61 Å². The number of aliphatic hydroxyl groups is 1. The Kier molecular flexibility index (Phi) is 9.06. The van der Waals surface area contributed by atoms with E-state index >= 15 is 0 Å². The average molecular weight is 629 g/mol. The maximum Gasteiger partial charge on any atom is 0.142 e. The number of isothiocyanates is 2. The van der Waals surface area contributed by atoms with Crippen molar-refractivity contribution in [2.24, 2.45) is 9.98 Å². The quantitative estimate of drug-likeness (QED) is 0.0957. The number of thiazole rings is 2. The average Bonchev–Trinajstić information content (AvgIpc) is 3.67. The lowest BCUT2D eigenvalue weighted by Gasteiger charge is -2.02. The van der Waals surface area contributed by atoms with Gasteiger partial charge in [-0.15, -0.1) is 22.7 Å². The molecule has 0 saturated carbocycles. The number of hydrogen-bond acceptors (Lipinski definition) is 12. The zero-order valence-electron chi connectivity index (χ0n) is 21.8. The molecule has 0 amide bonds. The highest BCUT2D eigenvalue weighted by atomic mass is 32.1. The number of aromatic hydroxyl groups is 2. The van der Waals surface area contributed by atoms with Crippen molar-refractivity contribution in [1.29, 1.82) is 0 Å². The molecule has 42 heavy (non-hydrogen) atoms. The van der Waals surface area contributed by atoms with Gasteiger partial charge in [0.1, 0.15) is 37.5 Å². The van der Waals surface area contributed by atoms with Gasteiger partial charge in [0.05, 0.1) is 45.6 Å². The van der Waals surface area contributed by atoms with E-state index in [1.165, 1.54) is 34.8 Å². The van der Waals surface area contributed by atoms with Crippen LogP contribution in [0.15, 0.2) is 82.8 Å². The number of phenols is 2. The molecular formula is C30H20N4O4S4. The maximum atomic E-state index is 9.79. The van der Waals surface area contributed by atoms with Crippen LogP contribution in [0.3, 0.4) is 0 Å². The highest BCUT2D eigenvalue weighted by Crippen LogP contribution is 2.40. The van der Waals surface area contributed by atoms with E-state index in [9.17, 15) is 15.3 Å². The molecule has 0 fully saturated rings. The van der Waals surface area contributed by atoms with Gasteiger partial charge in [0.15, 0.2) is 0 Å². The monoisotopic (exact) mass is 628 g/mol. The van der Waals surface area contributed by atoms with Crippen molar-refractivity contribution in [3.8, 4) is 38.4 Å². The zero-order valence-corrected chi connectivity index (χ0v) is 25.1. The van der Waals surface area contributed by atoms with Crippen LogP contribution in [0.25, 0.3) is 41.6 Å². The zero-order chi connectivity index (χ0) is 29.6. The molecule has 6 aromatic rings. The highest BCUT2D eigenvalue weighted by Gasteiger charge is 2.14. The smallest absolute Gasteiger partial charge is 0.142 e. The van der Waals surface area contributed by atoms with Gasteiger partial charge in [-0.3, -0.25) is 0 Å². The van der Waals surface area contributed by atoms with Gasteiger partial charge < -0.3 is 20.1 Å². The van der Waals surface area contributed by atoms with E-state index in [1.807, 2.05) is 48.5 Å². The van der Waals surface area contributed by atoms with E-state index in [4.69, 9.17) is 4.74 Å². The summed E-state index contributed by atoms with van der Waals surface area (Å²) in [6.07, 6.45) is 0. The lowest BCUT2D eigenvalue weighted by atomic mass is 10.2. The predicted octanol–water partition coefficient (Wildman–Crippen LogP) is 8.31. The molecule has 6 rings (SSSR count). The number of aromatic nitrogens is 2. The van der Waals surface area contributed by atoms with E-state index in [1.54, 1.807) is 19.2 Å². The minimum Gasteiger partial charge on any atom is -0.506 e. The highest BCUT2D eigenvalue weighted by molar-refractivity contribution is 7.78. The molecule has 2 heterocycles. The van der Waals surface area contributed by atoms with E-state index in [0.717, 1.165) is 54.0 Å². The van der Waals surface area contributed by atoms with Crippen molar-refractivity contribution < 1.29 is 20.1 Å². The number of thiocarbonyl (C=S) groups is 2. The normalized spacial score (nSPS) is 10.4. The summed E-state index contributed by atoms with van der Waals surface area (Å²) >= 11 is 12.0. The number of aliphatic hydroxyl groups excluding tert-OH is 1. The van der Waals surface area contributed by atoms with E-state index in [0.29, 0.717) is 10.2 Å². The number of hydrogen-bond donors (Lipinski definition) is 3. The van der Waals surface area contributed by atoms with Crippen LogP contribution in [0.1, 0.15) is 5.56 Å². The van der Waals surface area contributed by atoms with Gasteiger partial charge in [0.25, 0.3) is 0 Å². The van der Waals surface area contributed by atoms with Gasteiger partial charge in [-0.1, -0.05) is 6.07 Å². The molecule has 0 radical (unpaired) electrons. The van der Waals surface area contributed by atoms with E-state index in [-0.39, 0.29) is 18.1 Å². The van der Waals surface area contributed by atoms with Gasteiger partial charge >= 0.3 is 0 Å². The third-order valence-corrected chi connectivity index (χ3v) is 8.49. The topological polar surface area (TPSA) is 120 Å². The SMILES string of the molecule is COc1ccc(CO)c2nc(-c3ccc(N=C=S)cc3)sc12.Oc1ccc(O)c2sc(-c3ccc(N=C=S)cc3)nc12. The number of fused-ring (bicyclic) bond motifs is 2. The summed E-state index contributed by atoms with van der Waals surface area (Å²) in [6.45, 7) is -0.0496. The van der Waals surface area contributed by atoms with Gasteiger partial charge in [-0.25, -0.2) is 9.97 Å². The number of rotatable bonds is 6. The predicted molar refractivity (Wildman–Crippen MR) is 175 cm³/mol. The Morgan fingerprint density at radius 2 is 1.24 bits per heavy atom. The van der Waals surface area contributed by atoms with Crippen molar-refractivity contribution in [2.75, 3.05) is 7.11 Å². The molecule has 12 heteroatoms. The van der Waals surface area contributed by atoms with Crippen LogP contribution < -0.4 is 4.74 Å². The molecule has 208 valence electrons. The van der Waals surface area contributed by atoms with Crippen LogP contribution >= 0.6 is 47.1 Å². The van der Waals surface area contributed by atoms with Gasteiger partial charge in [0, 0.05) is 16.7 Å². The molecule has 3 N–H and O–H groups in total. The van der Waals surface area contributed by atoms with Crippen molar-refractivity contribution in [1.82, 2.24) is 9.97 Å². The summed E-state index contributed by atoms with van der Waals surface area (Å²) in [5, 5.41) is 35.3. The largest absolute Gasteiger partial charge is 0.506 e. The van der Waals surface area contributed by atoms with Crippen molar-refractivity contribution >= 4 is 89.2 Å². The number of benzene rings is 4. The third-order valence-electron chi connectivity index (χ3n) is 6.06. The number of phenolic OH excluding ortho intramolecular Hbond substituents is 2.